The van der Waals surface area contributed by atoms with Gasteiger partial charge in [-0.25, -0.2) is 9.37 Å². The average Bonchev–Trinajstić information content (AvgIpc) is 2.64. The summed E-state index contributed by atoms with van der Waals surface area (Å²) in [6.07, 6.45) is 1.25. The molecule has 0 bridgehead atoms. The van der Waals surface area contributed by atoms with E-state index < -0.39 is 11.4 Å². The summed E-state index contributed by atoms with van der Waals surface area (Å²) in [6, 6.07) is 11.3. The van der Waals surface area contributed by atoms with Gasteiger partial charge in [0.15, 0.2) is 0 Å². The molecule has 7 heteroatoms. The minimum absolute atomic E-state index is 0.119. The summed E-state index contributed by atoms with van der Waals surface area (Å²) >= 11 is 0. The van der Waals surface area contributed by atoms with Gasteiger partial charge in [-0.15, -0.1) is 0 Å². The third kappa shape index (κ3) is 3.56. The van der Waals surface area contributed by atoms with Gasteiger partial charge < -0.3 is 10.1 Å². The molecule has 0 fully saturated rings. The van der Waals surface area contributed by atoms with E-state index in [0.29, 0.717) is 0 Å². The van der Waals surface area contributed by atoms with Crippen LogP contribution in [-0.2, 0) is 11.3 Å². The molecule has 1 atom stereocenters. The Labute approximate surface area is 149 Å². The molecule has 0 aliphatic heterocycles. The molecular formula is C19H18FN3O3. The SMILES string of the molecule is COc1ccc([C@H](C)NC(=O)Cn2cnc3cccc(F)c3c2=O)cc1. The van der Waals surface area contributed by atoms with Gasteiger partial charge in [0.2, 0.25) is 5.91 Å². The first-order valence-corrected chi connectivity index (χ1v) is 8.06. The van der Waals surface area contributed by atoms with E-state index in [-0.39, 0.29) is 29.4 Å². The van der Waals surface area contributed by atoms with Crippen LogP contribution in [0, 0.1) is 5.82 Å². The second-order valence-electron chi connectivity index (χ2n) is 5.87. The summed E-state index contributed by atoms with van der Waals surface area (Å²) in [5.41, 5.74) is 0.577. The number of hydrogen-bond donors (Lipinski definition) is 1. The molecule has 2 aromatic carbocycles. The molecule has 3 aromatic rings. The predicted molar refractivity (Wildman–Crippen MR) is 95.5 cm³/mol. The number of aromatic nitrogens is 2. The van der Waals surface area contributed by atoms with Crippen molar-refractivity contribution in [1.82, 2.24) is 14.9 Å². The van der Waals surface area contributed by atoms with Gasteiger partial charge in [-0.05, 0) is 36.8 Å². The number of hydrogen-bond acceptors (Lipinski definition) is 4. The van der Waals surface area contributed by atoms with Crippen LogP contribution < -0.4 is 15.6 Å². The zero-order valence-corrected chi connectivity index (χ0v) is 14.4. The maximum absolute atomic E-state index is 13.9. The number of rotatable bonds is 5. The lowest BCUT2D eigenvalue weighted by atomic mass is 10.1. The van der Waals surface area contributed by atoms with Crippen molar-refractivity contribution in [1.29, 1.82) is 0 Å². The number of amides is 1. The summed E-state index contributed by atoms with van der Waals surface area (Å²) in [5, 5.41) is 2.69. The summed E-state index contributed by atoms with van der Waals surface area (Å²) in [7, 11) is 1.58. The van der Waals surface area contributed by atoms with Gasteiger partial charge in [0.25, 0.3) is 5.56 Å². The van der Waals surface area contributed by atoms with Crippen LogP contribution in [0.3, 0.4) is 0 Å². The van der Waals surface area contributed by atoms with Crippen LogP contribution in [-0.4, -0.2) is 22.6 Å². The fourth-order valence-corrected chi connectivity index (χ4v) is 2.69. The third-order valence-corrected chi connectivity index (χ3v) is 4.11. The Hall–Kier alpha value is -3.22. The predicted octanol–water partition coefficient (Wildman–Crippen LogP) is 2.42. The number of fused-ring (bicyclic) bond motifs is 1. The monoisotopic (exact) mass is 355 g/mol. The average molecular weight is 355 g/mol. The largest absolute Gasteiger partial charge is 0.497 e. The molecule has 0 unspecified atom stereocenters. The number of benzene rings is 2. The highest BCUT2D eigenvalue weighted by Crippen LogP contribution is 2.17. The van der Waals surface area contributed by atoms with Crippen LogP contribution in [0.4, 0.5) is 4.39 Å². The van der Waals surface area contributed by atoms with Crippen molar-refractivity contribution in [2.75, 3.05) is 7.11 Å². The second-order valence-corrected chi connectivity index (χ2v) is 5.87. The Balaban J connectivity index is 1.75. The smallest absolute Gasteiger partial charge is 0.264 e. The minimum Gasteiger partial charge on any atom is -0.497 e. The summed E-state index contributed by atoms with van der Waals surface area (Å²) in [5.74, 6) is -0.294. The fourth-order valence-electron chi connectivity index (χ4n) is 2.69. The molecule has 0 spiro atoms. The highest BCUT2D eigenvalue weighted by Gasteiger charge is 2.13. The molecule has 6 nitrogen and oxygen atoms in total. The van der Waals surface area contributed by atoms with E-state index in [1.165, 1.54) is 18.5 Å². The first-order valence-electron chi connectivity index (χ1n) is 8.06. The zero-order valence-electron chi connectivity index (χ0n) is 14.4. The van der Waals surface area contributed by atoms with E-state index in [2.05, 4.69) is 10.3 Å². The van der Waals surface area contributed by atoms with E-state index >= 15 is 0 Å². The van der Waals surface area contributed by atoms with E-state index in [9.17, 15) is 14.0 Å². The summed E-state index contributed by atoms with van der Waals surface area (Å²) in [6.45, 7) is 1.59. The Morgan fingerprint density at radius 1 is 1.27 bits per heavy atom. The van der Waals surface area contributed by atoms with Crippen LogP contribution in [0.5, 0.6) is 5.75 Å². The van der Waals surface area contributed by atoms with Gasteiger partial charge in [0.1, 0.15) is 23.5 Å². The number of ether oxygens (including phenoxy) is 1. The van der Waals surface area contributed by atoms with Gasteiger partial charge in [-0.2, -0.15) is 0 Å². The van der Waals surface area contributed by atoms with Gasteiger partial charge in [0, 0.05) is 0 Å². The number of nitrogens with one attached hydrogen (secondary N) is 1. The molecule has 1 N–H and O–H groups in total. The van der Waals surface area contributed by atoms with Crippen molar-refractivity contribution in [2.24, 2.45) is 0 Å². The maximum atomic E-state index is 13.9. The van der Waals surface area contributed by atoms with Gasteiger partial charge in [-0.1, -0.05) is 18.2 Å². The van der Waals surface area contributed by atoms with Crippen molar-refractivity contribution >= 4 is 16.8 Å². The van der Waals surface area contributed by atoms with E-state index in [4.69, 9.17) is 4.74 Å². The molecule has 26 heavy (non-hydrogen) atoms. The normalized spacial score (nSPS) is 12.0. The van der Waals surface area contributed by atoms with E-state index in [1.54, 1.807) is 25.3 Å². The fraction of sp³-hybridized carbons (Fsp3) is 0.211. The van der Waals surface area contributed by atoms with Crippen LogP contribution in [0.15, 0.2) is 53.6 Å². The molecule has 0 radical (unpaired) electrons. The summed E-state index contributed by atoms with van der Waals surface area (Å²) in [4.78, 5) is 28.7. The molecule has 0 saturated heterocycles. The number of carbonyl (C=O) groups excluding carboxylic acids is 1. The van der Waals surface area contributed by atoms with Crippen LogP contribution >= 0.6 is 0 Å². The van der Waals surface area contributed by atoms with E-state index in [0.717, 1.165) is 15.9 Å². The molecule has 0 saturated carbocycles. The lowest BCUT2D eigenvalue weighted by Crippen LogP contribution is -2.34. The molecule has 0 aliphatic rings. The molecular weight excluding hydrogens is 337 g/mol. The highest BCUT2D eigenvalue weighted by atomic mass is 19.1. The molecule has 134 valence electrons. The summed E-state index contributed by atoms with van der Waals surface area (Å²) < 4.78 is 20.1. The number of carbonyl (C=O) groups is 1. The number of methoxy groups -OCH3 is 1. The minimum atomic E-state index is -0.652. The van der Waals surface area contributed by atoms with Crippen LogP contribution in [0.2, 0.25) is 0 Å². The Kier molecular flexibility index (Phi) is 4.97. The first-order chi connectivity index (χ1) is 12.5. The van der Waals surface area contributed by atoms with Crippen molar-refractivity contribution in [2.45, 2.75) is 19.5 Å². The molecule has 3 rings (SSSR count). The van der Waals surface area contributed by atoms with Crippen molar-refractivity contribution in [3.8, 4) is 5.75 Å². The van der Waals surface area contributed by atoms with Gasteiger partial charge >= 0.3 is 0 Å². The number of nitrogens with zero attached hydrogens (tertiary/aromatic N) is 2. The molecule has 1 heterocycles. The van der Waals surface area contributed by atoms with Crippen molar-refractivity contribution in [3.63, 3.8) is 0 Å². The van der Waals surface area contributed by atoms with Gasteiger partial charge in [0.05, 0.1) is 25.0 Å². The number of halogens is 1. The lowest BCUT2D eigenvalue weighted by molar-refractivity contribution is -0.122. The quantitative estimate of drug-likeness (QED) is 0.763. The van der Waals surface area contributed by atoms with Crippen molar-refractivity contribution < 1.29 is 13.9 Å². The Morgan fingerprint density at radius 2 is 2.00 bits per heavy atom. The second kappa shape index (κ2) is 7.35. The van der Waals surface area contributed by atoms with Crippen LogP contribution in [0.25, 0.3) is 10.9 Å². The first kappa shape index (κ1) is 17.6. The molecule has 0 aliphatic carbocycles. The zero-order chi connectivity index (χ0) is 18.7. The van der Waals surface area contributed by atoms with Gasteiger partial charge in [-0.3, -0.25) is 14.2 Å². The third-order valence-electron chi connectivity index (χ3n) is 4.11. The van der Waals surface area contributed by atoms with Crippen LogP contribution in [0.1, 0.15) is 18.5 Å². The van der Waals surface area contributed by atoms with Crippen molar-refractivity contribution in [3.05, 3.63) is 70.5 Å². The lowest BCUT2D eigenvalue weighted by Gasteiger charge is -2.15. The Morgan fingerprint density at radius 3 is 2.69 bits per heavy atom. The molecule has 1 aromatic heterocycles. The molecule has 1 amide bonds. The highest BCUT2D eigenvalue weighted by molar-refractivity contribution is 5.79. The maximum Gasteiger partial charge on any atom is 0.264 e. The van der Waals surface area contributed by atoms with E-state index in [1.807, 2.05) is 19.1 Å². The standard InChI is InChI=1S/C19H18FN3O3/c1-12(13-6-8-14(26-2)9-7-13)22-17(24)10-23-11-21-16-5-3-4-15(20)18(16)19(23)25/h3-9,11-12H,10H2,1-2H3,(H,22,24)/t12-/m0/s1. The Bertz CT molecular complexity index is 999. The topological polar surface area (TPSA) is 73.2 Å².